The summed E-state index contributed by atoms with van der Waals surface area (Å²) in [5.74, 6) is -0.404. The summed E-state index contributed by atoms with van der Waals surface area (Å²) < 4.78 is 24.2. The molecule has 0 heterocycles. The normalized spacial score (nSPS) is 12.9. The quantitative estimate of drug-likeness (QED) is 0.743. The lowest BCUT2D eigenvalue weighted by Crippen LogP contribution is -2.33. The van der Waals surface area contributed by atoms with Gasteiger partial charge in [-0.1, -0.05) is 17.7 Å². The van der Waals surface area contributed by atoms with Gasteiger partial charge in [0.25, 0.3) is 0 Å². The van der Waals surface area contributed by atoms with Crippen LogP contribution in [0.5, 0.6) is 0 Å². The zero-order chi connectivity index (χ0) is 14.3. The lowest BCUT2D eigenvalue weighted by Gasteiger charge is -2.21. The molecule has 1 aromatic rings. The van der Waals surface area contributed by atoms with Gasteiger partial charge in [-0.25, -0.2) is 4.39 Å². The van der Waals surface area contributed by atoms with Crippen LogP contribution >= 0.6 is 11.6 Å². The Morgan fingerprint density at radius 1 is 1.26 bits per heavy atom. The van der Waals surface area contributed by atoms with Crippen molar-refractivity contribution >= 4 is 11.6 Å². The van der Waals surface area contributed by atoms with E-state index in [0.717, 1.165) is 5.56 Å². The Kier molecular flexibility index (Phi) is 7.31. The minimum Gasteiger partial charge on any atom is -0.352 e. The fourth-order valence-corrected chi connectivity index (χ4v) is 1.83. The van der Waals surface area contributed by atoms with Crippen molar-refractivity contribution in [2.75, 3.05) is 19.8 Å². The number of benzene rings is 1. The minimum absolute atomic E-state index is 0.00446. The van der Waals surface area contributed by atoms with Gasteiger partial charge in [0.05, 0.1) is 5.02 Å². The van der Waals surface area contributed by atoms with Crippen LogP contribution in [-0.2, 0) is 9.47 Å². The number of hydrogen-bond donors (Lipinski definition) is 1. The highest BCUT2D eigenvalue weighted by Crippen LogP contribution is 2.20. The molecule has 1 N–H and O–H groups in total. The Morgan fingerprint density at radius 2 is 1.89 bits per heavy atom. The molecule has 1 atom stereocenters. The average molecular weight is 290 g/mol. The van der Waals surface area contributed by atoms with E-state index >= 15 is 0 Å². The third kappa shape index (κ3) is 5.45. The zero-order valence-corrected chi connectivity index (χ0v) is 12.3. The smallest absolute Gasteiger partial charge is 0.169 e. The van der Waals surface area contributed by atoms with E-state index in [9.17, 15) is 4.39 Å². The van der Waals surface area contributed by atoms with E-state index in [1.807, 2.05) is 20.8 Å². The second-order valence-corrected chi connectivity index (χ2v) is 4.55. The Morgan fingerprint density at radius 3 is 2.42 bits per heavy atom. The molecule has 3 nitrogen and oxygen atoms in total. The van der Waals surface area contributed by atoms with Crippen LogP contribution in [0.1, 0.15) is 32.4 Å². The molecule has 108 valence electrons. The summed E-state index contributed by atoms with van der Waals surface area (Å²) in [5, 5.41) is 3.39. The van der Waals surface area contributed by atoms with Crippen LogP contribution in [0.4, 0.5) is 4.39 Å². The Hall–Kier alpha value is -0.680. The Labute approximate surface area is 119 Å². The molecule has 0 aliphatic heterocycles. The first-order valence-electron chi connectivity index (χ1n) is 6.50. The van der Waals surface area contributed by atoms with E-state index in [4.69, 9.17) is 21.1 Å². The molecule has 1 rings (SSSR count). The van der Waals surface area contributed by atoms with Crippen molar-refractivity contribution in [1.82, 2.24) is 5.32 Å². The van der Waals surface area contributed by atoms with Crippen molar-refractivity contribution < 1.29 is 13.9 Å². The van der Waals surface area contributed by atoms with Crippen LogP contribution in [0.2, 0.25) is 5.02 Å². The van der Waals surface area contributed by atoms with Crippen LogP contribution in [0, 0.1) is 5.82 Å². The number of ether oxygens (including phenoxy) is 2. The first kappa shape index (κ1) is 16.4. The van der Waals surface area contributed by atoms with Gasteiger partial charge in [-0.05, 0) is 38.5 Å². The third-order valence-corrected chi connectivity index (χ3v) is 3.05. The van der Waals surface area contributed by atoms with Gasteiger partial charge in [-0.3, -0.25) is 0 Å². The summed E-state index contributed by atoms with van der Waals surface area (Å²) in [4.78, 5) is 0. The van der Waals surface area contributed by atoms with Crippen molar-refractivity contribution in [3.05, 3.63) is 34.6 Å². The third-order valence-electron chi connectivity index (χ3n) is 2.74. The minimum atomic E-state index is -0.404. The highest BCUT2D eigenvalue weighted by Gasteiger charge is 2.12. The summed E-state index contributed by atoms with van der Waals surface area (Å²) in [5.41, 5.74) is 0.841. The highest BCUT2D eigenvalue weighted by molar-refractivity contribution is 6.30. The monoisotopic (exact) mass is 289 g/mol. The molecule has 1 unspecified atom stereocenters. The SMILES string of the molecule is CCOC(CNC(C)c1ccc(Cl)c(F)c1)OCC. The topological polar surface area (TPSA) is 30.5 Å². The molecule has 0 amide bonds. The van der Waals surface area contributed by atoms with Crippen LogP contribution < -0.4 is 5.32 Å². The van der Waals surface area contributed by atoms with Crippen LogP contribution in [0.25, 0.3) is 0 Å². The molecule has 19 heavy (non-hydrogen) atoms. The Bertz CT molecular complexity index is 384. The summed E-state index contributed by atoms with van der Waals surface area (Å²) in [6.07, 6.45) is -0.283. The number of rotatable bonds is 8. The largest absolute Gasteiger partial charge is 0.352 e. The summed E-state index contributed by atoms with van der Waals surface area (Å²) >= 11 is 5.66. The predicted octanol–water partition coefficient (Wildman–Crippen LogP) is 3.53. The lowest BCUT2D eigenvalue weighted by atomic mass is 10.1. The summed E-state index contributed by atoms with van der Waals surface area (Å²) in [6.45, 7) is 7.53. The summed E-state index contributed by atoms with van der Waals surface area (Å²) in [7, 11) is 0. The van der Waals surface area contributed by atoms with E-state index in [-0.39, 0.29) is 17.4 Å². The number of hydrogen-bond acceptors (Lipinski definition) is 3. The van der Waals surface area contributed by atoms with E-state index < -0.39 is 5.82 Å². The van der Waals surface area contributed by atoms with Crippen molar-refractivity contribution in [1.29, 1.82) is 0 Å². The van der Waals surface area contributed by atoms with Crippen molar-refractivity contribution in [2.24, 2.45) is 0 Å². The van der Waals surface area contributed by atoms with Gasteiger partial charge >= 0.3 is 0 Å². The van der Waals surface area contributed by atoms with Crippen molar-refractivity contribution in [3.63, 3.8) is 0 Å². The van der Waals surface area contributed by atoms with Crippen LogP contribution in [0.3, 0.4) is 0 Å². The van der Waals surface area contributed by atoms with E-state index in [1.54, 1.807) is 12.1 Å². The van der Waals surface area contributed by atoms with Crippen LogP contribution in [0.15, 0.2) is 18.2 Å². The highest BCUT2D eigenvalue weighted by atomic mass is 35.5. The fraction of sp³-hybridized carbons (Fsp3) is 0.571. The second-order valence-electron chi connectivity index (χ2n) is 4.14. The molecule has 0 aromatic heterocycles. The van der Waals surface area contributed by atoms with Crippen molar-refractivity contribution in [2.45, 2.75) is 33.1 Å². The standard InChI is InChI=1S/C14H21ClFNO2/c1-4-18-14(19-5-2)9-17-10(3)11-6-7-12(15)13(16)8-11/h6-8,10,14,17H,4-5,9H2,1-3H3. The van der Waals surface area contributed by atoms with Gasteiger partial charge in [0.1, 0.15) is 5.82 Å². The molecule has 0 bridgehead atoms. The number of nitrogens with one attached hydrogen (secondary N) is 1. The van der Waals surface area contributed by atoms with Gasteiger partial charge in [0.2, 0.25) is 0 Å². The lowest BCUT2D eigenvalue weighted by molar-refractivity contribution is -0.133. The molecule has 1 aromatic carbocycles. The Balaban J connectivity index is 2.53. The second kappa shape index (κ2) is 8.48. The molecule has 0 aliphatic rings. The maximum atomic E-state index is 13.4. The first-order valence-corrected chi connectivity index (χ1v) is 6.87. The zero-order valence-electron chi connectivity index (χ0n) is 11.6. The molecule has 0 fully saturated rings. The van der Waals surface area contributed by atoms with Crippen LogP contribution in [-0.4, -0.2) is 26.0 Å². The predicted molar refractivity (Wildman–Crippen MR) is 74.9 cm³/mol. The van der Waals surface area contributed by atoms with Gasteiger partial charge in [0.15, 0.2) is 6.29 Å². The maximum Gasteiger partial charge on any atom is 0.169 e. The average Bonchev–Trinajstić information content (AvgIpc) is 2.39. The molecule has 0 saturated heterocycles. The molecule has 0 saturated carbocycles. The molecule has 0 spiro atoms. The van der Waals surface area contributed by atoms with Gasteiger partial charge < -0.3 is 14.8 Å². The maximum absolute atomic E-state index is 13.4. The molecular formula is C14H21ClFNO2. The van der Waals surface area contributed by atoms with E-state index in [0.29, 0.717) is 19.8 Å². The molecular weight excluding hydrogens is 269 g/mol. The first-order chi connectivity index (χ1) is 9.08. The van der Waals surface area contributed by atoms with Gasteiger partial charge in [0, 0.05) is 25.8 Å². The number of halogens is 2. The summed E-state index contributed by atoms with van der Waals surface area (Å²) in [6, 6.07) is 4.80. The van der Waals surface area contributed by atoms with E-state index in [2.05, 4.69) is 5.32 Å². The van der Waals surface area contributed by atoms with Gasteiger partial charge in [-0.2, -0.15) is 0 Å². The molecule has 0 aliphatic carbocycles. The van der Waals surface area contributed by atoms with Crippen molar-refractivity contribution in [3.8, 4) is 0 Å². The fourth-order valence-electron chi connectivity index (χ4n) is 1.71. The molecule has 0 radical (unpaired) electrons. The van der Waals surface area contributed by atoms with Gasteiger partial charge in [-0.15, -0.1) is 0 Å². The van der Waals surface area contributed by atoms with E-state index in [1.165, 1.54) is 6.07 Å². The molecule has 5 heteroatoms.